The van der Waals surface area contributed by atoms with E-state index in [2.05, 4.69) is 15.4 Å². The average Bonchev–Trinajstić information content (AvgIpc) is 2.83. The van der Waals surface area contributed by atoms with Crippen LogP contribution in [0.5, 0.6) is 0 Å². The highest BCUT2D eigenvalue weighted by Crippen LogP contribution is 2.12. The van der Waals surface area contributed by atoms with Gasteiger partial charge in [0.2, 0.25) is 0 Å². The molecule has 7 heteroatoms. The molecule has 2 heterocycles. The molecule has 0 aliphatic rings. The molecule has 0 atom stereocenters. The van der Waals surface area contributed by atoms with Gasteiger partial charge in [0.05, 0.1) is 22.8 Å². The van der Waals surface area contributed by atoms with Crippen LogP contribution in [0.4, 0.5) is 5.82 Å². The molecule has 3 N–H and O–H groups in total. The van der Waals surface area contributed by atoms with Crippen LogP contribution >= 0.6 is 11.3 Å². The van der Waals surface area contributed by atoms with Crippen LogP contribution < -0.4 is 11.3 Å². The van der Waals surface area contributed by atoms with Crippen molar-refractivity contribution in [3.8, 4) is 0 Å². The Bertz CT molecular complexity index is 566. The zero-order chi connectivity index (χ0) is 13.8. The molecule has 19 heavy (non-hydrogen) atoms. The van der Waals surface area contributed by atoms with E-state index in [-0.39, 0.29) is 5.91 Å². The van der Waals surface area contributed by atoms with Crippen molar-refractivity contribution in [2.75, 3.05) is 12.5 Å². The second kappa shape index (κ2) is 5.77. The zero-order valence-electron chi connectivity index (χ0n) is 10.8. The summed E-state index contributed by atoms with van der Waals surface area (Å²) in [4.78, 5) is 22.1. The second-order valence-corrected chi connectivity index (χ2v) is 5.16. The van der Waals surface area contributed by atoms with Crippen LogP contribution in [-0.4, -0.2) is 27.8 Å². The molecule has 100 valence electrons. The van der Waals surface area contributed by atoms with Crippen LogP contribution in [0, 0.1) is 6.92 Å². The Morgan fingerprint density at radius 1 is 1.53 bits per heavy atom. The first-order valence-electron chi connectivity index (χ1n) is 5.69. The quantitative estimate of drug-likeness (QED) is 0.652. The Morgan fingerprint density at radius 2 is 2.32 bits per heavy atom. The van der Waals surface area contributed by atoms with Crippen LogP contribution in [-0.2, 0) is 6.54 Å². The fraction of sp³-hybridized carbons (Fsp3) is 0.250. The van der Waals surface area contributed by atoms with Gasteiger partial charge in [0.25, 0.3) is 5.91 Å². The monoisotopic (exact) mass is 277 g/mol. The van der Waals surface area contributed by atoms with E-state index in [1.807, 2.05) is 12.3 Å². The minimum absolute atomic E-state index is 0.0956. The van der Waals surface area contributed by atoms with E-state index in [0.29, 0.717) is 17.9 Å². The molecule has 0 fully saturated rings. The molecule has 0 radical (unpaired) electrons. The molecule has 0 bridgehead atoms. The van der Waals surface area contributed by atoms with E-state index < -0.39 is 0 Å². The van der Waals surface area contributed by atoms with Crippen LogP contribution in [0.1, 0.15) is 21.1 Å². The Kier molecular flexibility index (Phi) is 4.08. The summed E-state index contributed by atoms with van der Waals surface area (Å²) in [5.41, 5.74) is 3.84. The molecule has 0 aliphatic heterocycles. The summed E-state index contributed by atoms with van der Waals surface area (Å²) in [6.45, 7) is 2.43. The third-order valence-corrected chi connectivity index (χ3v) is 3.39. The molecule has 0 unspecified atom stereocenters. The molecular weight excluding hydrogens is 262 g/mol. The Labute approximate surface area is 115 Å². The van der Waals surface area contributed by atoms with Crippen molar-refractivity contribution in [2.24, 2.45) is 5.84 Å². The largest absolute Gasteiger partial charge is 0.336 e. The number of pyridine rings is 1. The number of nitrogens with zero attached hydrogens (tertiary/aromatic N) is 3. The number of hydrazine groups is 1. The summed E-state index contributed by atoms with van der Waals surface area (Å²) in [7, 11) is 1.74. The van der Waals surface area contributed by atoms with Gasteiger partial charge in [-0.2, -0.15) is 0 Å². The fourth-order valence-electron chi connectivity index (χ4n) is 1.62. The Balaban J connectivity index is 2.05. The molecule has 0 spiro atoms. The van der Waals surface area contributed by atoms with Crippen LogP contribution in [0.15, 0.2) is 23.7 Å². The van der Waals surface area contributed by atoms with Gasteiger partial charge in [-0.05, 0) is 19.1 Å². The molecule has 2 rings (SSSR count). The molecule has 1 amide bonds. The minimum Gasteiger partial charge on any atom is -0.336 e. The van der Waals surface area contributed by atoms with Crippen molar-refractivity contribution in [1.29, 1.82) is 0 Å². The van der Waals surface area contributed by atoms with Crippen molar-refractivity contribution >= 4 is 23.1 Å². The van der Waals surface area contributed by atoms with Gasteiger partial charge in [-0.1, -0.05) is 0 Å². The first kappa shape index (κ1) is 13.4. The van der Waals surface area contributed by atoms with Crippen molar-refractivity contribution in [3.05, 3.63) is 40.0 Å². The number of hydrogen-bond acceptors (Lipinski definition) is 6. The summed E-state index contributed by atoms with van der Waals surface area (Å²) in [5, 5.41) is 2.95. The maximum atomic E-state index is 12.2. The summed E-state index contributed by atoms with van der Waals surface area (Å²) >= 11 is 1.58. The molecule has 2 aromatic rings. The maximum absolute atomic E-state index is 12.2. The zero-order valence-corrected chi connectivity index (χ0v) is 11.6. The van der Waals surface area contributed by atoms with Crippen molar-refractivity contribution in [3.63, 3.8) is 0 Å². The third-order valence-electron chi connectivity index (χ3n) is 2.57. The minimum atomic E-state index is -0.0956. The smallest absolute Gasteiger partial charge is 0.255 e. The number of anilines is 1. The van der Waals surface area contributed by atoms with E-state index in [9.17, 15) is 4.79 Å². The number of carbonyl (C=O) groups is 1. The van der Waals surface area contributed by atoms with Gasteiger partial charge in [0.15, 0.2) is 0 Å². The van der Waals surface area contributed by atoms with E-state index in [0.717, 1.165) is 10.7 Å². The number of amides is 1. The lowest BCUT2D eigenvalue weighted by molar-refractivity contribution is 0.0783. The predicted octanol–water partition coefficient (Wildman–Crippen LogP) is 1.40. The number of carbonyl (C=O) groups excluding carboxylic acids is 1. The van der Waals surface area contributed by atoms with Crippen molar-refractivity contribution in [1.82, 2.24) is 14.9 Å². The van der Waals surface area contributed by atoms with Gasteiger partial charge < -0.3 is 10.3 Å². The topological polar surface area (TPSA) is 84.1 Å². The summed E-state index contributed by atoms with van der Waals surface area (Å²) in [5.74, 6) is 5.65. The number of aromatic nitrogens is 2. The highest BCUT2D eigenvalue weighted by Gasteiger charge is 2.13. The SMILES string of the molecule is Cc1nc(CN(C)C(=O)c2ccc(NN)nc2)cs1. The Hall–Kier alpha value is -1.99. The predicted molar refractivity (Wildman–Crippen MR) is 74.7 cm³/mol. The van der Waals surface area contributed by atoms with Gasteiger partial charge in [0.1, 0.15) is 5.82 Å². The van der Waals surface area contributed by atoms with Crippen molar-refractivity contribution in [2.45, 2.75) is 13.5 Å². The van der Waals surface area contributed by atoms with E-state index in [1.165, 1.54) is 6.20 Å². The molecule has 0 saturated heterocycles. The van der Waals surface area contributed by atoms with Gasteiger partial charge >= 0.3 is 0 Å². The summed E-state index contributed by atoms with van der Waals surface area (Å²) < 4.78 is 0. The lowest BCUT2D eigenvalue weighted by atomic mass is 10.2. The van der Waals surface area contributed by atoms with Gasteiger partial charge in [-0.15, -0.1) is 11.3 Å². The first-order chi connectivity index (χ1) is 9.10. The molecule has 0 saturated carbocycles. The Morgan fingerprint density at radius 3 is 2.84 bits per heavy atom. The van der Waals surface area contributed by atoms with Crippen LogP contribution in [0.2, 0.25) is 0 Å². The van der Waals surface area contributed by atoms with Gasteiger partial charge in [-0.3, -0.25) is 4.79 Å². The number of nitrogens with one attached hydrogen (secondary N) is 1. The third kappa shape index (κ3) is 3.27. The second-order valence-electron chi connectivity index (χ2n) is 4.10. The lowest BCUT2D eigenvalue weighted by Crippen LogP contribution is -2.26. The number of hydrogen-bond donors (Lipinski definition) is 2. The maximum Gasteiger partial charge on any atom is 0.255 e. The molecule has 0 aromatic carbocycles. The molecule has 0 aliphatic carbocycles. The van der Waals surface area contributed by atoms with Crippen LogP contribution in [0.3, 0.4) is 0 Å². The summed E-state index contributed by atoms with van der Waals surface area (Å²) in [6, 6.07) is 3.35. The first-order valence-corrected chi connectivity index (χ1v) is 6.57. The normalized spacial score (nSPS) is 10.3. The average molecular weight is 277 g/mol. The molecule has 2 aromatic heterocycles. The highest BCUT2D eigenvalue weighted by atomic mass is 32.1. The number of nitrogens with two attached hydrogens (primary N) is 1. The fourth-order valence-corrected chi connectivity index (χ4v) is 2.23. The number of aryl methyl sites for hydroxylation is 1. The van der Waals surface area contributed by atoms with Crippen LogP contribution in [0.25, 0.3) is 0 Å². The van der Waals surface area contributed by atoms with E-state index in [4.69, 9.17) is 5.84 Å². The van der Waals surface area contributed by atoms with E-state index >= 15 is 0 Å². The lowest BCUT2D eigenvalue weighted by Gasteiger charge is -2.15. The van der Waals surface area contributed by atoms with Crippen molar-refractivity contribution < 1.29 is 4.79 Å². The molecular formula is C12H15N5OS. The van der Waals surface area contributed by atoms with Gasteiger partial charge in [-0.25, -0.2) is 15.8 Å². The highest BCUT2D eigenvalue weighted by molar-refractivity contribution is 7.09. The number of thiazole rings is 1. The van der Waals surface area contributed by atoms with E-state index in [1.54, 1.807) is 35.4 Å². The summed E-state index contributed by atoms with van der Waals surface area (Å²) in [6.07, 6.45) is 1.50. The number of nitrogen functional groups attached to an aromatic ring is 1. The van der Waals surface area contributed by atoms with Gasteiger partial charge in [0, 0.05) is 18.6 Å². The molecule has 6 nitrogen and oxygen atoms in total. The number of rotatable bonds is 4. The standard InChI is InChI=1S/C12H15N5OS/c1-8-15-10(7-19-8)6-17(2)12(18)9-3-4-11(16-13)14-5-9/h3-5,7H,6,13H2,1-2H3,(H,14,16).